The van der Waals surface area contributed by atoms with Crippen LogP contribution in [0.1, 0.15) is 23.0 Å². The molecule has 0 saturated heterocycles. The summed E-state index contributed by atoms with van der Waals surface area (Å²) in [6.45, 7) is 3.61. The molecule has 0 atom stereocenters. The number of aryl methyl sites for hydroxylation is 1. The van der Waals surface area contributed by atoms with Crippen molar-refractivity contribution in [3.05, 3.63) is 41.4 Å². The molecule has 90 valence electrons. The van der Waals surface area contributed by atoms with Crippen LogP contribution in [-0.2, 0) is 0 Å². The molecule has 6 heteroatoms. The second kappa shape index (κ2) is 4.32. The minimum atomic E-state index is -0.245. The van der Waals surface area contributed by atoms with Crippen LogP contribution in [0.2, 0.25) is 0 Å². The Balaban J connectivity index is 2.08. The molecule has 2 heterocycles. The summed E-state index contributed by atoms with van der Waals surface area (Å²) in [7, 11) is 1.89. The molecule has 0 radical (unpaired) electrons. The number of hydrogen-bond donors (Lipinski definition) is 2. The summed E-state index contributed by atoms with van der Waals surface area (Å²) >= 11 is 0. The SMILES string of the molecule is CC1=CN(C)C=C(NC(=O)c2cnoc2C)N1. The lowest BCUT2D eigenvalue weighted by molar-refractivity contribution is 0.0961. The summed E-state index contributed by atoms with van der Waals surface area (Å²) in [5.74, 6) is 0.878. The van der Waals surface area contributed by atoms with Crippen LogP contribution in [-0.4, -0.2) is 23.0 Å². The van der Waals surface area contributed by atoms with E-state index in [4.69, 9.17) is 4.52 Å². The molecule has 17 heavy (non-hydrogen) atoms. The fourth-order valence-corrected chi connectivity index (χ4v) is 1.59. The number of carbonyl (C=O) groups is 1. The molecule has 0 saturated carbocycles. The molecule has 2 rings (SSSR count). The Hall–Kier alpha value is -2.24. The molecule has 1 aromatic heterocycles. The minimum Gasteiger partial charge on any atom is -0.361 e. The van der Waals surface area contributed by atoms with E-state index in [1.54, 1.807) is 13.1 Å². The van der Waals surface area contributed by atoms with Crippen LogP contribution < -0.4 is 10.6 Å². The molecule has 0 aliphatic carbocycles. The molecule has 1 aliphatic rings. The maximum atomic E-state index is 11.9. The number of nitrogens with one attached hydrogen (secondary N) is 2. The molecule has 1 aromatic rings. The maximum absolute atomic E-state index is 11.9. The molecule has 0 bridgehead atoms. The van der Waals surface area contributed by atoms with Gasteiger partial charge in [-0.15, -0.1) is 0 Å². The van der Waals surface area contributed by atoms with Gasteiger partial charge >= 0.3 is 0 Å². The van der Waals surface area contributed by atoms with E-state index >= 15 is 0 Å². The van der Waals surface area contributed by atoms with Crippen LogP contribution in [0.4, 0.5) is 0 Å². The zero-order chi connectivity index (χ0) is 12.4. The number of allylic oxidation sites excluding steroid dienone is 1. The topological polar surface area (TPSA) is 70.4 Å². The number of amides is 1. The lowest BCUT2D eigenvalue weighted by atomic mass is 10.2. The van der Waals surface area contributed by atoms with Crippen molar-refractivity contribution in [3.63, 3.8) is 0 Å². The average molecular weight is 234 g/mol. The Kier molecular flexibility index (Phi) is 2.86. The Morgan fingerprint density at radius 1 is 1.47 bits per heavy atom. The standard InChI is InChI=1S/C11H14N4O2/c1-7-5-15(3)6-10(13-7)14-11(16)9-4-12-17-8(9)2/h4-6,13H,1-3H3,(H,14,16). The minimum absolute atomic E-state index is 0.245. The predicted octanol–water partition coefficient (Wildman–Crippen LogP) is 0.908. The first-order valence-corrected chi connectivity index (χ1v) is 5.18. The molecule has 1 amide bonds. The van der Waals surface area contributed by atoms with Gasteiger partial charge in [-0.25, -0.2) is 0 Å². The third kappa shape index (κ3) is 2.47. The number of carbonyl (C=O) groups excluding carboxylic acids is 1. The van der Waals surface area contributed by atoms with Crippen LogP contribution in [0, 0.1) is 6.92 Å². The van der Waals surface area contributed by atoms with Crippen molar-refractivity contribution in [2.24, 2.45) is 0 Å². The van der Waals surface area contributed by atoms with Crippen LogP contribution in [0.15, 0.2) is 34.6 Å². The lowest BCUT2D eigenvalue weighted by Gasteiger charge is -2.21. The molecule has 6 nitrogen and oxygen atoms in total. The van der Waals surface area contributed by atoms with Crippen molar-refractivity contribution in [2.75, 3.05) is 7.05 Å². The first kappa shape index (κ1) is 11.3. The maximum Gasteiger partial charge on any atom is 0.262 e. The highest BCUT2D eigenvalue weighted by Crippen LogP contribution is 2.08. The number of hydrogen-bond acceptors (Lipinski definition) is 5. The molecule has 2 N–H and O–H groups in total. The average Bonchev–Trinajstić information content (AvgIpc) is 2.62. The summed E-state index contributed by atoms with van der Waals surface area (Å²) in [4.78, 5) is 13.7. The molecule has 0 aromatic carbocycles. The van der Waals surface area contributed by atoms with Crippen LogP contribution in [0.3, 0.4) is 0 Å². The molecule has 0 spiro atoms. The third-order valence-corrected chi connectivity index (χ3v) is 2.31. The van der Waals surface area contributed by atoms with Gasteiger partial charge in [-0.2, -0.15) is 0 Å². The van der Waals surface area contributed by atoms with Crippen LogP contribution in [0.25, 0.3) is 0 Å². The summed E-state index contributed by atoms with van der Waals surface area (Å²) in [5.41, 5.74) is 1.38. The normalized spacial score (nSPS) is 14.9. The van der Waals surface area contributed by atoms with E-state index in [-0.39, 0.29) is 5.91 Å². The highest BCUT2D eigenvalue weighted by atomic mass is 16.5. The van der Waals surface area contributed by atoms with Gasteiger partial charge in [0.05, 0.1) is 6.20 Å². The Morgan fingerprint density at radius 3 is 2.82 bits per heavy atom. The summed E-state index contributed by atoms with van der Waals surface area (Å²) in [6.07, 6.45) is 5.11. The van der Waals surface area contributed by atoms with Gasteiger partial charge in [0.2, 0.25) is 0 Å². The smallest absolute Gasteiger partial charge is 0.262 e. The molecular formula is C11H14N4O2. The zero-order valence-electron chi connectivity index (χ0n) is 9.94. The summed E-state index contributed by atoms with van der Waals surface area (Å²) in [5, 5.41) is 9.38. The van der Waals surface area contributed by atoms with Gasteiger partial charge in [-0.05, 0) is 13.8 Å². The van der Waals surface area contributed by atoms with Gasteiger partial charge in [-0.1, -0.05) is 5.16 Å². The highest BCUT2D eigenvalue weighted by molar-refractivity contribution is 5.95. The van der Waals surface area contributed by atoms with Gasteiger partial charge in [0.1, 0.15) is 17.1 Å². The molecule has 0 unspecified atom stereocenters. The Morgan fingerprint density at radius 2 is 2.24 bits per heavy atom. The second-order valence-electron chi connectivity index (χ2n) is 3.90. The Bertz CT molecular complexity index is 501. The zero-order valence-corrected chi connectivity index (χ0v) is 9.94. The monoisotopic (exact) mass is 234 g/mol. The van der Waals surface area contributed by atoms with Crippen molar-refractivity contribution in [2.45, 2.75) is 13.8 Å². The van der Waals surface area contributed by atoms with Crippen molar-refractivity contribution < 1.29 is 9.32 Å². The summed E-state index contributed by atoms with van der Waals surface area (Å²) < 4.78 is 4.84. The highest BCUT2D eigenvalue weighted by Gasteiger charge is 2.15. The molecule has 1 aliphatic heterocycles. The fraction of sp³-hybridized carbons (Fsp3) is 0.273. The van der Waals surface area contributed by atoms with Gasteiger partial charge < -0.3 is 20.1 Å². The van der Waals surface area contributed by atoms with Gasteiger partial charge in [-0.3, -0.25) is 4.79 Å². The predicted molar refractivity (Wildman–Crippen MR) is 61.4 cm³/mol. The molecule has 0 fully saturated rings. The largest absolute Gasteiger partial charge is 0.361 e. The van der Waals surface area contributed by atoms with E-state index in [0.29, 0.717) is 17.1 Å². The van der Waals surface area contributed by atoms with E-state index in [9.17, 15) is 4.79 Å². The fourth-order valence-electron chi connectivity index (χ4n) is 1.59. The quantitative estimate of drug-likeness (QED) is 0.795. The van der Waals surface area contributed by atoms with Crippen LogP contribution in [0.5, 0.6) is 0 Å². The van der Waals surface area contributed by atoms with Gasteiger partial charge in [0.15, 0.2) is 0 Å². The first-order chi connectivity index (χ1) is 8.06. The first-order valence-electron chi connectivity index (χ1n) is 5.18. The van der Waals surface area contributed by atoms with E-state index < -0.39 is 0 Å². The summed E-state index contributed by atoms with van der Waals surface area (Å²) in [6, 6.07) is 0. The Labute approximate surface area is 99.0 Å². The van der Waals surface area contributed by atoms with Crippen molar-refractivity contribution in [1.82, 2.24) is 20.7 Å². The van der Waals surface area contributed by atoms with E-state index in [1.807, 2.05) is 25.1 Å². The van der Waals surface area contributed by atoms with Crippen LogP contribution >= 0.6 is 0 Å². The third-order valence-electron chi connectivity index (χ3n) is 2.31. The second-order valence-corrected chi connectivity index (χ2v) is 3.90. The van der Waals surface area contributed by atoms with Gasteiger partial charge in [0.25, 0.3) is 5.91 Å². The van der Waals surface area contributed by atoms with E-state index in [1.165, 1.54) is 6.20 Å². The van der Waals surface area contributed by atoms with Crippen molar-refractivity contribution >= 4 is 5.91 Å². The molecular weight excluding hydrogens is 220 g/mol. The number of rotatable bonds is 2. The van der Waals surface area contributed by atoms with Crippen molar-refractivity contribution in [3.8, 4) is 0 Å². The lowest BCUT2D eigenvalue weighted by Crippen LogP contribution is -2.34. The number of nitrogens with zero attached hydrogens (tertiary/aromatic N) is 2. The van der Waals surface area contributed by atoms with Gasteiger partial charge in [0, 0.05) is 25.1 Å². The van der Waals surface area contributed by atoms with E-state index in [0.717, 1.165) is 5.70 Å². The van der Waals surface area contributed by atoms with E-state index in [2.05, 4.69) is 15.8 Å². The van der Waals surface area contributed by atoms with Crippen molar-refractivity contribution in [1.29, 1.82) is 0 Å². The number of aromatic nitrogens is 1.